The van der Waals surface area contributed by atoms with Gasteiger partial charge in [0.05, 0.1) is 18.8 Å². The van der Waals surface area contributed by atoms with Gasteiger partial charge in [0, 0.05) is 31.8 Å². The van der Waals surface area contributed by atoms with Crippen LogP contribution in [-0.4, -0.2) is 49.5 Å². The summed E-state index contributed by atoms with van der Waals surface area (Å²) in [5.41, 5.74) is 2.24. The van der Waals surface area contributed by atoms with Gasteiger partial charge in [0.2, 0.25) is 5.91 Å². The molecule has 1 heterocycles. The summed E-state index contributed by atoms with van der Waals surface area (Å²) in [6.45, 7) is 5.65. The van der Waals surface area contributed by atoms with Crippen molar-refractivity contribution >= 4 is 23.2 Å². The fraction of sp³-hybridized carbons (Fsp3) is 0.333. The third kappa shape index (κ3) is 4.39. The summed E-state index contributed by atoms with van der Waals surface area (Å²) < 4.78 is 6.10. The van der Waals surface area contributed by atoms with Gasteiger partial charge >= 0.3 is 0 Å². The Balaban J connectivity index is 1.69. The standard InChI is InChI=1S/C21H25N3O3/c1-4-24-14-18(27-20-11-6-5-10-19(20)24)13-23(3)21(26)16-8-7-9-17(12-16)22-15(2)25/h5-12,18H,4,13-14H2,1-3H3,(H,22,25). The second kappa shape index (κ2) is 8.12. The van der Waals surface area contributed by atoms with Crippen LogP contribution >= 0.6 is 0 Å². The van der Waals surface area contributed by atoms with Crippen LogP contribution in [0.4, 0.5) is 11.4 Å². The lowest BCUT2D eigenvalue weighted by molar-refractivity contribution is -0.114. The van der Waals surface area contributed by atoms with Crippen molar-refractivity contribution in [1.82, 2.24) is 4.90 Å². The maximum absolute atomic E-state index is 12.8. The van der Waals surface area contributed by atoms with Crippen molar-refractivity contribution in [3.8, 4) is 5.75 Å². The zero-order valence-electron chi connectivity index (χ0n) is 15.9. The Morgan fingerprint density at radius 2 is 2.00 bits per heavy atom. The molecule has 2 aromatic carbocycles. The average molecular weight is 367 g/mol. The number of hydrogen-bond donors (Lipinski definition) is 1. The molecule has 6 heteroatoms. The Morgan fingerprint density at radius 3 is 2.74 bits per heavy atom. The van der Waals surface area contributed by atoms with Crippen LogP contribution in [0.3, 0.4) is 0 Å². The van der Waals surface area contributed by atoms with Gasteiger partial charge in [-0.1, -0.05) is 18.2 Å². The quantitative estimate of drug-likeness (QED) is 0.882. The van der Waals surface area contributed by atoms with Gasteiger partial charge in [-0.3, -0.25) is 9.59 Å². The minimum Gasteiger partial charge on any atom is -0.485 e. The molecule has 2 aromatic rings. The number of carbonyl (C=O) groups is 2. The zero-order chi connectivity index (χ0) is 19.4. The molecule has 1 aliphatic heterocycles. The Labute approximate surface area is 159 Å². The molecule has 0 saturated heterocycles. The Kier molecular flexibility index (Phi) is 5.64. The van der Waals surface area contributed by atoms with E-state index >= 15 is 0 Å². The molecule has 0 aliphatic carbocycles. The van der Waals surface area contributed by atoms with Gasteiger partial charge in [-0.15, -0.1) is 0 Å². The molecule has 27 heavy (non-hydrogen) atoms. The van der Waals surface area contributed by atoms with Crippen LogP contribution in [0.1, 0.15) is 24.2 Å². The minimum absolute atomic E-state index is 0.104. The number of nitrogens with zero attached hydrogens (tertiary/aromatic N) is 2. The van der Waals surface area contributed by atoms with Gasteiger partial charge in [-0.05, 0) is 37.3 Å². The van der Waals surface area contributed by atoms with E-state index in [2.05, 4.69) is 23.2 Å². The molecule has 0 spiro atoms. The number of amides is 2. The molecule has 0 radical (unpaired) electrons. The molecule has 1 aliphatic rings. The predicted octanol–water partition coefficient (Wildman–Crippen LogP) is 3.00. The first-order chi connectivity index (χ1) is 13.0. The molecular weight excluding hydrogens is 342 g/mol. The van der Waals surface area contributed by atoms with E-state index in [1.54, 1.807) is 36.2 Å². The van der Waals surface area contributed by atoms with Crippen LogP contribution in [-0.2, 0) is 4.79 Å². The number of anilines is 2. The molecule has 1 atom stereocenters. The molecule has 0 aromatic heterocycles. The van der Waals surface area contributed by atoms with Crippen molar-refractivity contribution in [3.05, 3.63) is 54.1 Å². The Morgan fingerprint density at radius 1 is 1.22 bits per heavy atom. The summed E-state index contributed by atoms with van der Waals surface area (Å²) >= 11 is 0. The monoisotopic (exact) mass is 367 g/mol. The van der Waals surface area contributed by atoms with Crippen LogP contribution in [0.5, 0.6) is 5.75 Å². The topological polar surface area (TPSA) is 61.9 Å². The van der Waals surface area contributed by atoms with Gasteiger partial charge in [-0.25, -0.2) is 0 Å². The second-order valence-electron chi connectivity index (χ2n) is 6.69. The van der Waals surface area contributed by atoms with Crippen LogP contribution < -0.4 is 15.0 Å². The van der Waals surface area contributed by atoms with Gasteiger partial charge < -0.3 is 19.9 Å². The molecule has 3 rings (SSSR count). The van der Waals surface area contributed by atoms with Gasteiger partial charge in [0.1, 0.15) is 11.9 Å². The maximum atomic E-state index is 12.8. The summed E-state index contributed by atoms with van der Waals surface area (Å²) in [6.07, 6.45) is -0.104. The highest BCUT2D eigenvalue weighted by atomic mass is 16.5. The van der Waals surface area contributed by atoms with E-state index in [1.165, 1.54) is 6.92 Å². The number of ether oxygens (including phenoxy) is 1. The Hall–Kier alpha value is -3.02. The smallest absolute Gasteiger partial charge is 0.253 e. The number of hydrogen-bond acceptors (Lipinski definition) is 4. The lowest BCUT2D eigenvalue weighted by Gasteiger charge is -2.37. The highest BCUT2D eigenvalue weighted by Crippen LogP contribution is 2.32. The van der Waals surface area contributed by atoms with Gasteiger partial charge in [0.25, 0.3) is 5.91 Å². The van der Waals surface area contributed by atoms with Crippen LogP contribution in [0.15, 0.2) is 48.5 Å². The minimum atomic E-state index is -0.165. The third-order valence-electron chi connectivity index (χ3n) is 4.56. The van der Waals surface area contributed by atoms with Gasteiger partial charge in [0.15, 0.2) is 0 Å². The van der Waals surface area contributed by atoms with E-state index < -0.39 is 0 Å². The predicted molar refractivity (Wildman–Crippen MR) is 106 cm³/mol. The SMILES string of the molecule is CCN1CC(CN(C)C(=O)c2cccc(NC(C)=O)c2)Oc2ccccc21. The number of para-hydroxylation sites is 2. The van der Waals surface area contributed by atoms with Crippen molar-refractivity contribution in [3.63, 3.8) is 0 Å². The van der Waals surface area contributed by atoms with Crippen LogP contribution in [0, 0.1) is 0 Å². The zero-order valence-corrected chi connectivity index (χ0v) is 15.9. The molecule has 0 saturated carbocycles. The first-order valence-corrected chi connectivity index (χ1v) is 9.11. The van der Waals surface area contributed by atoms with E-state index in [-0.39, 0.29) is 17.9 Å². The number of carbonyl (C=O) groups excluding carboxylic acids is 2. The summed E-state index contributed by atoms with van der Waals surface area (Å²) in [7, 11) is 1.77. The Bertz CT molecular complexity index is 837. The fourth-order valence-electron chi connectivity index (χ4n) is 3.32. The molecule has 1 unspecified atom stereocenters. The van der Waals surface area contributed by atoms with Crippen molar-refractivity contribution in [2.75, 3.05) is 36.9 Å². The molecule has 0 fully saturated rings. The van der Waals surface area contributed by atoms with E-state index in [4.69, 9.17) is 4.74 Å². The number of nitrogens with one attached hydrogen (secondary N) is 1. The number of likely N-dealkylation sites (N-methyl/N-ethyl adjacent to an activating group) is 2. The lowest BCUT2D eigenvalue weighted by Crippen LogP contribution is -2.46. The number of fused-ring (bicyclic) bond motifs is 1. The van der Waals surface area contributed by atoms with Crippen LogP contribution in [0.25, 0.3) is 0 Å². The van der Waals surface area contributed by atoms with Crippen molar-refractivity contribution < 1.29 is 14.3 Å². The number of benzene rings is 2. The highest BCUT2D eigenvalue weighted by molar-refractivity contribution is 5.96. The van der Waals surface area contributed by atoms with E-state index in [0.29, 0.717) is 17.8 Å². The summed E-state index contributed by atoms with van der Waals surface area (Å²) in [4.78, 5) is 27.9. The second-order valence-corrected chi connectivity index (χ2v) is 6.69. The van der Waals surface area contributed by atoms with Crippen LogP contribution in [0.2, 0.25) is 0 Å². The normalized spacial score (nSPS) is 15.5. The van der Waals surface area contributed by atoms with E-state index in [9.17, 15) is 9.59 Å². The van der Waals surface area contributed by atoms with Gasteiger partial charge in [-0.2, -0.15) is 0 Å². The number of rotatable bonds is 5. The van der Waals surface area contributed by atoms with E-state index in [0.717, 1.165) is 24.5 Å². The summed E-state index contributed by atoms with van der Waals surface area (Å²) in [6, 6.07) is 14.9. The first kappa shape index (κ1) is 18.8. The fourth-order valence-corrected chi connectivity index (χ4v) is 3.32. The first-order valence-electron chi connectivity index (χ1n) is 9.11. The maximum Gasteiger partial charge on any atom is 0.253 e. The highest BCUT2D eigenvalue weighted by Gasteiger charge is 2.27. The molecular formula is C21H25N3O3. The van der Waals surface area contributed by atoms with Crippen molar-refractivity contribution in [2.24, 2.45) is 0 Å². The molecule has 142 valence electrons. The van der Waals surface area contributed by atoms with Crippen molar-refractivity contribution in [2.45, 2.75) is 20.0 Å². The molecule has 2 amide bonds. The van der Waals surface area contributed by atoms with E-state index in [1.807, 2.05) is 18.2 Å². The molecule has 0 bridgehead atoms. The lowest BCUT2D eigenvalue weighted by atomic mass is 10.1. The summed E-state index contributed by atoms with van der Waals surface area (Å²) in [5, 5.41) is 2.70. The summed E-state index contributed by atoms with van der Waals surface area (Å²) in [5.74, 6) is 0.582. The molecule has 6 nitrogen and oxygen atoms in total. The largest absolute Gasteiger partial charge is 0.485 e. The molecule has 1 N–H and O–H groups in total. The average Bonchev–Trinajstić information content (AvgIpc) is 2.66. The van der Waals surface area contributed by atoms with Crippen molar-refractivity contribution in [1.29, 1.82) is 0 Å². The third-order valence-corrected chi connectivity index (χ3v) is 4.56.